The molecule has 1 rings (SSSR count). The van der Waals surface area contributed by atoms with Crippen molar-refractivity contribution in [2.24, 2.45) is 0 Å². The van der Waals surface area contributed by atoms with Gasteiger partial charge in [-0.25, -0.2) is 4.98 Å². The molecule has 0 saturated carbocycles. The minimum Gasteiger partial charge on any atom is -0.311 e. The molecule has 0 bridgehead atoms. The van der Waals surface area contributed by atoms with Gasteiger partial charge in [0.15, 0.2) is 0 Å². The van der Waals surface area contributed by atoms with Crippen molar-refractivity contribution in [3.05, 3.63) is 16.1 Å². The van der Waals surface area contributed by atoms with Gasteiger partial charge in [-0.3, -0.25) is 0 Å². The predicted molar refractivity (Wildman–Crippen MR) is 80.2 cm³/mol. The van der Waals surface area contributed by atoms with Gasteiger partial charge in [-0.1, -0.05) is 6.92 Å². The van der Waals surface area contributed by atoms with Crippen LogP contribution >= 0.6 is 11.3 Å². The lowest BCUT2D eigenvalue weighted by molar-refractivity contribution is 0.268. The smallest absolute Gasteiger partial charge is 0.0926 e. The van der Waals surface area contributed by atoms with E-state index in [-0.39, 0.29) is 0 Å². The van der Waals surface area contributed by atoms with E-state index in [1.807, 2.05) is 0 Å². The fourth-order valence-corrected chi connectivity index (χ4v) is 2.42. The molecule has 0 radical (unpaired) electrons. The summed E-state index contributed by atoms with van der Waals surface area (Å²) in [5.74, 6) is 0. The lowest BCUT2D eigenvalue weighted by atomic mass is 10.2. The second kappa shape index (κ2) is 8.62. The van der Waals surface area contributed by atoms with E-state index in [1.54, 1.807) is 11.3 Å². The Hall–Kier alpha value is -0.450. The average molecular weight is 269 g/mol. The van der Waals surface area contributed by atoms with Crippen LogP contribution in [0.4, 0.5) is 0 Å². The summed E-state index contributed by atoms with van der Waals surface area (Å²) < 4.78 is 0. The minimum atomic E-state index is 0.653. The van der Waals surface area contributed by atoms with Crippen LogP contribution in [0.2, 0.25) is 0 Å². The quantitative estimate of drug-likeness (QED) is 0.699. The van der Waals surface area contributed by atoms with Gasteiger partial charge in [0.2, 0.25) is 0 Å². The molecule has 0 amide bonds. The third-order valence-corrected chi connectivity index (χ3v) is 4.25. The van der Waals surface area contributed by atoms with Crippen molar-refractivity contribution in [1.82, 2.24) is 15.2 Å². The molecule has 0 unspecified atom stereocenters. The van der Waals surface area contributed by atoms with Crippen molar-refractivity contribution in [3.8, 4) is 0 Å². The number of rotatable bonds is 9. The maximum atomic E-state index is 4.55. The molecule has 0 aliphatic heterocycles. The zero-order valence-electron chi connectivity index (χ0n) is 12.2. The first-order valence-electron chi connectivity index (χ1n) is 6.97. The summed E-state index contributed by atoms with van der Waals surface area (Å²) in [6, 6.07) is 0.653. The van der Waals surface area contributed by atoms with Gasteiger partial charge in [0.05, 0.1) is 10.7 Å². The van der Waals surface area contributed by atoms with E-state index in [0.29, 0.717) is 6.04 Å². The summed E-state index contributed by atoms with van der Waals surface area (Å²) >= 11 is 1.77. The summed E-state index contributed by atoms with van der Waals surface area (Å²) in [5.41, 5.74) is 1.19. The zero-order valence-corrected chi connectivity index (χ0v) is 13.0. The highest BCUT2D eigenvalue weighted by molar-refractivity contribution is 7.09. The summed E-state index contributed by atoms with van der Waals surface area (Å²) in [6.07, 6.45) is 3.55. The van der Waals surface area contributed by atoms with Crippen molar-refractivity contribution in [2.75, 3.05) is 20.1 Å². The molecule has 0 spiro atoms. The molecule has 3 nitrogen and oxygen atoms in total. The summed E-state index contributed by atoms with van der Waals surface area (Å²) in [6.45, 7) is 9.83. The molecule has 0 aliphatic carbocycles. The fourth-order valence-electron chi connectivity index (χ4n) is 1.68. The molecular weight excluding hydrogens is 242 g/mol. The average Bonchev–Trinajstić information content (AvgIpc) is 2.81. The van der Waals surface area contributed by atoms with Crippen LogP contribution in [0.25, 0.3) is 0 Å². The normalized spacial score (nSPS) is 11.7. The first-order valence-corrected chi connectivity index (χ1v) is 7.85. The van der Waals surface area contributed by atoms with Crippen molar-refractivity contribution >= 4 is 11.3 Å². The zero-order chi connectivity index (χ0) is 13.4. The Labute approximate surface area is 116 Å². The number of nitrogens with one attached hydrogen (secondary N) is 1. The molecule has 1 heterocycles. The molecule has 0 atom stereocenters. The largest absolute Gasteiger partial charge is 0.311 e. The predicted octanol–water partition coefficient (Wildman–Crippen LogP) is 2.92. The maximum absolute atomic E-state index is 4.55. The van der Waals surface area contributed by atoms with Crippen molar-refractivity contribution in [1.29, 1.82) is 0 Å². The second-order valence-electron chi connectivity index (χ2n) is 5.04. The van der Waals surface area contributed by atoms with Crippen LogP contribution in [0.1, 0.15) is 44.3 Å². The minimum absolute atomic E-state index is 0.653. The van der Waals surface area contributed by atoms with Crippen molar-refractivity contribution < 1.29 is 0 Å². The molecule has 1 aromatic rings. The highest BCUT2D eigenvalue weighted by atomic mass is 32.1. The molecule has 18 heavy (non-hydrogen) atoms. The number of unbranched alkanes of at least 4 members (excludes halogenated alkanes) is 1. The Morgan fingerprint density at radius 2 is 2.17 bits per heavy atom. The summed E-state index contributed by atoms with van der Waals surface area (Å²) in [5, 5.41) is 6.87. The van der Waals surface area contributed by atoms with Crippen LogP contribution in [-0.4, -0.2) is 36.1 Å². The Kier molecular flexibility index (Phi) is 7.47. The van der Waals surface area contributed by atoms with E-state index >= 15 is 0 Å². The maximum Gasteiger partial charge on any atom is 0.0926 e. The van der Waals surface area contributed by atoms with Crippen LogP contribution < -0.4 is 5.32 Å². The highest BCUT2D eigenvalue weighted by Crippen LogP contribution is 2.09. The Morgan fingerprint density at radius 1 is 1.39 bits per heavy atom. The molecular formula is C14H27N3S. The molecule has 0 fully saturated rings. The van der Waals surface area contributed by atoms with Gasteiger partial charge in [0.25, 0.3) is 0 Å². The van der Waals surface area contributed by atoms with Gasteiger partial charge in [0.1, 0.15) is 0 Å². The van der Waals surface area contributed by atoms with Gasteiger partial charge >= 0.3 is 0 Å². The number of nitrogens with zero attached hydrogens (tertiary/aromatic N) is 2. The summed E-state index contributed by atoms with van der Waals surface area (Å²) in [7, 11) is 2.19. The molecule has 0 aliphatic rings. The van der Waals surface area contributed by atoms with Gasteiger partial charge in [-0.2, -0.15) is 0 Å². The van der Waals surface area contributed by atoms with E-state index in [0.717, 1.165) is 19.5 Å². The lowest BCUT2D eigenvalue weighted by Crippen LogP contribution is -2.27. The van der Waals surface area contributed by atoms with Crippen LogP contribution in [0.5, 0.6) is 0 Å². The highest BCUT2D eigenvalue weighted by Gasteiger charge is 2.02. The monoisotopic (exact) mass is 269 g/mol. The summed E-state index contributed by atoms with van der Waals surface area (Å²) in [4.78, 5) is 6.94. The van der Waals surface area contributed by atoms with Crippen molar-refractivity contribution in [2.45, 2.75) is 52.6 Å². The third kappa shape index (κ3) is 5.94. The van der Waals surface area contributed by atoms with Gasteiger partial charge in [-0.15, -0.1) is 11.3 Å². The lowest BCUT2D eigenvalue weighted by Gasteiger charge is -2.20. The second-order valence-corrected chi connectivity index (χ2v) is 5.99. The Balaban J connectivity index is 2.02. The van der Waals surface area contributed by atoms with E-state index < -0.39 is 0 Å². The van der Waals surface area contributed by atoms with Crippen LogP contribution in [0.15, 0.2) is 5.38 Å². The van der Waals surface area contributed by atoms with Crippen molar-refractivity contribution in [3.63, 3.8) is 0 Å². The number of thiazole rings is 1. The molecule has 0 aromatic carbocycles. The Bertz CT molecular complexity index is 323. The van der Waals surface area contributed by atoms with Crippen LogP contribution in [-0.2, 0) is 13.0 Å². The van der Waals surface area contributed by atoms with Gasteiger partial charge in [-0.05, 0) is 53.2 Å². The third-order valence-electron chi connectivity index (χ3n) is 3.20. The van der Waals surface area contributed by atoms with Crippen LogP contribution in [0, 0.1) is 0 Å². The molecule has 0 saturated heterocycles. The Morgan fingerprint density at radius 3 is 2.78 bits per heavy atom. The van der Waals surface area contributed by atoms with E-state index in [2.05, 4.69) is 48.4 Å². The first kappa shape index (κ1) is 15.6. The van der Waals surface area contributed by atoms with Gasteiger partial charge in [0, 0.05) is 18.0 Å². The molecule has 1 N–H and O–H groups in total. The number of aryl methyl sites for hydroxylation is 1. The SMILES string of the molecule is CCc1nc(CNCCCCN(C)C(C)C)cs1. The number of hydrogen-bond donors (Lipinski definition) is 1. The molecule has 1 aromatic heterocycles. The fraction of sp³-hybridized carbons (Fsp3) is 0.786. The molecule has 104 valence electrons. The van der Waals surface area contributed by atoms with E-state index in [9.17, 15) is 0 Å². The standard InChI is InChI=1S/C14H27N3S/c1-5-14-16-13(11-18-14)10-15-8-6-7-9-17(4)12(2)3/h11-12,15H,5-10H2,1-4H3. The van der Waals surface area contributed by atoms with Gasteiger partial charge < -0.3 is 10.2 Å². The number of aromatic nitrogens is 1. The van der Waals surface area contributed by atoms with E-state index in [4.69, 9.17) is 0 Å². The topological polar surface area (TPSA) is 28.2 Å². The van der Waals surface area contributed by atoms with E-state index in [1.165, 1.54) is 30.1 Å². The first-order chi connectivity index (χ1) is 8.63. The number of hydrogen-bond acceptors (Lipinski definition) is 4. The van der Waals surface area contributed by atoms with Crippen LogP contribution in [0.3, 0.4) is 0 Å². The molecule has 4 heteroatoms.